The summed E-state index contributed by atoms with van der Waals surface area (Å²) in [5, 5.41) is 2.90. The van der Waals surface area contributed by atoms with E-state index in [0.717, 1.165) is 22.6 Å². The second-order valence-electron chi connectivity index (χ2n) is 7.33. The fourth-order valence-electron chi connectivity index (χ4n) is 3.36. The van der Waals surface area contributed by atoms with Crippen molar-refractivity contribution in [1.29, 1.82) is 0 Å². The van der Waals surface area contributed by atoms with E-state index in [2.05, 4.69) is 15.0 Å². The Morgan fingerprint density at radius 1 is 0.939 bits per heavy atom. The molecule has 0 aliphatic carbocycles. The first-order valence-electron chi connectivity index (χ1n) is 9.91. The van der Waals surface area contributed by atoms with Gasteiger partial charge in [-0.1, -0.05) is 35.9 Å². The molecule has 0 saturated carbocycles. The summed E-state index contributed by atoms with van der Waals surface area (Å²) < 4.78 is 41.1. The molecule has 0 fully saturated rings. The van der Waals surface area contributed by atoms with Gasteiger partial charge in [0.05, 0.1) is 17.8 Å². The second kappa shape index (κ2) is 8.78. The lowest BCUT2D eigenvalue weighted by atomic mass is 10.0. The van der Waals surface area contributed by atoms with Crippen LogP contribution in [0.4, 0.5) is 18.9 Å². The minimum absolute atomic E-state index is 0.0165. The number of imide groups is 1. The fraction of sp³-hybridized carbons (Fsp3) is 0.125. The first-order valence-corrected chi connectivity index (χ1v) is 9.91. The van der Waals surface area contributed by atoms with Crippen molar-refractivity contribution in [2.75, 3.05) is 5.32 Å². The molecule has 2 aromatic carbocycles. The molecule has 1 aliphatic heterocycles. The van der Waals surface area contributed by atoms with Crippen molar-refractivity contribution in [1.82, 2.24) is 9.88 Å². The lowest BCUT2D eigenvalue weighted by Crippen LogP contribution is -2.32. The third kappa shape index (κ3) is 5.03. The van der Waals surface area contributed by atoms with Crippen LogP contribution in [0.2, 0.25) is 0 Å². The van der Waals surface area contributed by atoms with Crippen LogP contribution >= 0.6 is 0 Å². The average Bonchev–Trinajstić information content (AvgIpc) is 3.00. The molecule has 0 saturated heterocycles. The third-order valence-corrected chi connectivity index (χ3v) is 4.91. The van der Waals surface area contributed by atoms with Crippen LogP contribution in [0.3, 0.4) is 0 Å². The van der Waals surface area contributed by atoms with Gasteiger partial charge in [0.25, 0.3) is 11.8 Å². The molecule has 33 heavy (non-hydrogen) atoms. The Morgan fingerprint density at radius 3 is 2.24 bits per heavy atom. The van der Waals surface area contributed by atoms with Gasteiger partial charge in [0, 0.05) is 11.9 Å². The van der Waals surface area contributed by atoms with Crippen molar-refractivity contribution in [3.05, 3.63) is 95.4 Å². The molecule has 4 rings (SSSR count). The fourth-order valence-corrected chi connectivity index (χ4v) is 3.36. The summed E-state index contributed by atoms with van der Waals surface area (Å²) in [5.41, 5.74) is 2.59. The van der Waals surface area contributed by atoms with Crippen molar-refractivity contribution >= 4 is 23.1 Å². The molecule has 168 valence electrons. The number of nitrogens with zero attached hydrogens (tertiary/aromatic N) is 2. The molecular formula is C24H18F3N3O3. The predicted molar refractivity (Wildman–Crippen MR) is 115 cm³/mol. The quantitative estimate of drug-likeness (QED) is 0.549. The molecule has 0 unspecified atom stereocenters. The number of aryl methyl sites for hydroxylation is 1. The molecule has 2 heterocycles. The van der Waals surface area contributed by atoms with Crippen LogP contribution in [0, 0.1) is 6.92 Å². The first kappa shape index (κ1) is 22.1. The Morgan fingerprint density at radius 2 is 1.64 bits per heavy atom. The standard InChI is InChI=1S/C24H18F3N3O3/c1-15-5-7-16(8-6-15)20-21(29-17-9-11-19(12-10-17)33-24(25,26)27)23(32)30(22(20)31)14-18-4-2-3-13-28-18/h2-13,29H,14H2,1H3. The summed E-state index contributed by atoms with van der Waals surface area (Å²) in [6.45, 7) is 1.88. The maximum atomic E-state index is 13.3. The topological polar surface area (TPSA) is 71.5 Å². The number of carbonyl (C=O) groups is 2. The normalized spacial score (nSPS) is 14.1. The van der Waals surface area contributed by atoms with Crippen molar-refractivity contribution < 1.29 is 27.5 Å². The summed E-state index contributed by atoms with van der Waals surface area (Å²) in [6.07, 6.45) is -3.24. The van der Waals surface area contributed by atoms with Gasteiger partial charge in [-0.2, -0.15) is 0 Å². The van der Waals surface area contributed by atoms with Gasteiger partial charge in [0.2, 0.25) is 0 Å². The Labute approximate surface area is 187 Å². The second-order valence-corrected chi connectivity index (χ2v) is 7.33. The number of halogens is 3. The van der Waals surface area contributed by atoms with E-state index in [4.69, 9.17) is 0 Å². The smallest absolute Gasteiger partial charge is 0.406 e. The number of aromatic nitrogens is 1. The van der Waals surface area contributed by atoms with Crippen LogP contribution < -0.4 is 10.1 Å². The molecule has 0 atom stereocenters. The molecule has 0 bridgehead atoms. The van der Waals surface area contributed by atoms with Crippen molar-refractivity contribution in [2.45, 2.75) is 19.8 Å². The maximum absolute atomic E-state index is 13.3. The van der Waals surface area contributed by atoms with Crippen molar-refractivity contribution in [2.24, 2.45) is 0 Å². The van der Waals surface area contributed by atoms with Crippen LogP contribution in [0.5, 0.6) is 5.75 Å². The van der Waals surface area contributed by atoms with Crippen molar-refractivity contribution in [3.63, 3.8) is 0 Å². The minimum atomic E-state index is -4.81. The molecule has 1 N–H and O–H groups in total. The zero-order valence-corrected chi connectivity index (χ0v) is 17.4. The lowest BCUT2D eigenvalue weighted by Gasteiger charge is -2.15. The van der Waals surface area contributed by atoms with E-state index < -0.39 is 23.9 Å². The van der Waals surface area contributed by atoms with Crippen LogP contribution in [0.1, 0.15) is 16.8 Å². The monoisotopic (exact) mass is 453 g/mol. The number of pyridine rings is 1. The summed E-state index contributed by atoms with van der Waals surface area (Å²) in [7, 11) is 0. The van der Waals surface area contributed by atoms with E-state index in [1.807, 2.05) is 19.1 Å². The highest BCUT2D eigenvalue weighted by molar-refractivity contribution is 6.36. The van der Waals surface area contributed by atoms with Crippen molar-refractivity contribution in [3.8, 4) is 5.75 Å². The van der Waals surface area contributed by atoms with Gasteiger partial charge in [-0.25, -0.2) is 0 Å². The number of hydrogen-bond acceptors (Lipinski definition) is 5. The van der Waals surface area contributed by atoms with Gasteiger partial charge in [0.1, 0.15) is 11.4 Å². The van der Waals surface area contributed by atoms with Gasteiger partial charge in [0.15, 0.2) is 0 Å². The highest BCUT2D eigenvalue weighted by Gasteiger charge is 2.39. The molecule has 0 radical (unpaired) electrons. The number of benzene rings is 2. The Hall–Kier alpha value is -4.14. The third-order valence-electron chi connectivity index (χ3n) is 4.91. The number of ether oxygens (including phenoxy) is 1. The average molecular weight is 453 g/mol. The molecular weight excluding hydrogens is 435 g/mol. The Balaban J connectivity index is 1.67. The van der Waals surface area contributed by atoms with E-state index >= 15 is 0 Å². The number of anilines is 1. The largest absolute Gasteiger partial charge is 0.573 e. The van der Waals surface area contributed by atoms with Gasteiger partial charge in [-0.15, -0.1) is 13.2 Å². The highest BCUT2D eigenvalue weighted by Crippen LogP contribution is 2.32. The zero-order chi connectivity index (χ0) is 23.6. The first-order chi connectivity index (χ1) is 15.7. The summed E-state index contributed by atoms with van der Waals surface area (Å²) >= 11 is 0. The number of alkyl halides is 3. The van der Waals surface area contributed by atoms with E-state index in [-0.39, 0.29) is 17.8 Å². The molecule has 0 spiro atoms. The SMILES string of the molecule is Cc1ccc(C2=C(Nc3ccc(OC(F)(F)F)cc3)C(=O)N(Cc3ccccn3)C2=O)cc1. The van der Waals surface area contributed by atoms with Crippen LogP contribution in [0.15, 0.2) is 78.6 Å². The summed E-state index contributed by atoms with van der Waals surface area (Å²) in [6, 6.07) is 17.2. The summed E-state index contributed by atoms with van der Waals surface area (Å²) in [4.78, 5) is 31.7. The van der Waals surface area contributed by atoms with E-state index in [0.29, 0.717) is 16.9 Å². The van der Waals surface area contributed by atoms with E-state index in [9.17, 15) is 22.8 Å². The number of carbonyl (C=O) groups excluding carboxylic acids is 2. The van der Waals surface area contributed by atoms with Crippen LogP contribution in [-0.2, 0) is 16.1 Å². The number of rotatable bonds is 6. The van der Waals surface area contributed by atoms with Gasteiger partial charge < -0.3 is 10.1 Å². The molecule has 2 amide bonds. The number of amides is 2. The predicted octanol–water partition coefficient (Wildman–Crippen LogP) is 4.68. The lowest BCUT2D eigenvalue weighted by molar-refractivity contribution is -0.274. The number of nitrogens with one attached hydrogen (secondary N) is 1. The molecule has 1 aromatic heterocycles. The van der Waals surface area contributed by atoms with Gasteiger partial charge in [-0.05, 0) is 48.9 Å². The Bertz CT molecular complexity index is 1210. The Kier molecular flexibility index (Phi) is 5.87. The molecule has 6 nitrogen and oxygen atoms in total. The highest BCUT2D eigenvalue weighted by atomic mass is 19.4. The van der Waals surface area contributed by atoms with E-state index in [1.54, 1.807) is 36.5 Å². The molecule has 3 aromatic rings. The van der Waals surface area contributed by atoms with Crippen LogP contribution in [0.25, 0.3) is 5.57 Å². The van der Waals surface area contributed by atoms with Crippen LogP contribution in [-0.4, -0.2) is 28.1 Å². The molecule has 9 heteroatoms. The molecule has 1 aliphatic rings. The zero-order valence-electron chi connectivity index (χ0n) is 17.4. The van der Waals surface area contributed by atoms with Gasteiger partial charge in [-0.3, -0.25) is 19.5 Å². The minimum Gasteiger partial charge on any atom is -0.406 e. The summed E-state index contributed by atoms with van der Waals surface area (Å²) in [5.74, 6) is -1.45. The number of hydrogen-bond donors (Lipinski definition) is 1. The van der Waals surface area contributed by atoms with Gasteiger partial charge >= 0.3 is 6.36 Å². The van der Waals surface area contributed by atoms with E-state index in [1.165, 1.54) is 12.1 Å². The maximum Gasteiger partial charge on any atom is 0.573 e.